The second-order valence-corrected chi connectivity index (χ2v) is 7.43. The lowest BCUT2D eigenvalue weighted by molar-refractivity contribution is -0.137. The summed E-state index contributed by atoms with van der Waals surface area (Å²) in [5, 5.41) is 8.85. The van der Waals surface area contributed by atoms with Gasteiger partial charge in [0.1, 0.15) is 11.4 Å². The lowest BCUT2D eigenvalue weighted by atomic mass is 10.1. The second kappa shape index (κ2) is 13.7. The van der Waals surface area contributed by atoms with Gasteiger partial charge in [-0.25, -0.2) is 9.78 Å². The standard InChI is InChI=1S/C30H24N2O3/c1-2-30(33)35-21-5-3-4-20-34-29-18-14-25(15-19-29)8-11-27-13-17-28(32-23-27)16-12-24-6-9-26(22-31)10-7-24/h2,6-7,9-10,13-15,17-19,23H,1,3-5,20-21H2. The van der Waals surface area contributed by atoms with Crippen molar-refractivity contribution in [2.24, 2.45) is 0 Å². The van der Waals surface area contributed by atoms with E-state index in [-0.39, 0.29) is 5.97 Å². The Kier molecular flexibility index (Phi) is 9.72. The number of ether oxygens (including phenoxy) is 2. The number of carbonyl (C=O) groups excluding carboxylic acids is 1. The van der Waals surface area contributed by atoms with Gasteiger partial charge in [0.25, 0.3) is 0 Å². The van der Waals surface area contributed by atoms with E-state index in [0.717, 1.165) is 41.7 Å². The number of hydrogen-bond donors (Lipinski definition) is 0. The summed E-state index contributed by atoms with van der Waals surface area (Å²) in [4.78, 5) is 15.3. The van der Waals surface area contributed by atoms with E-state index >= 15 is 0 Å². The van der Waals surface area contributed by atoms with Gasteiger partial charge < -0.3 is 9.47 Å². The predicted octanol–water partition coefficient (Wildman–Crippen LogP) is 5.03. The maximum absolute atomic E-state index is 10.9. The summed E-state index contributed by atoms with van der Waals surface area (Å²) in [6.45, 7) is 4.37. The molecule has 0 fully saturated rings. The van der Waals surface area contributed by atoms with E-state index in [2.05, 4.69) is 41.3 Å². The van der Waals surface area contributed by atoms with Crippen molar-refractivity contribution in [2.75, 3.05) is 13.2 Å². The first-order valence-electron chi connectivity index (χ1n) is 11.2. The topological polar surface area (TPSA) is 72.2 Å². The fourth-order valence-electron chi connectivity index (χ4n) is 2.89. The first-order chi connectivity index (χ1) is 17.2. The van der Waals surface area contributed by atoms with E-state index in [0.29, 0.717) is 24.5 Å². The monoisotopic (exact) mass is 460 g/mol. The zero-order valence-electron chi connectivity index (χ0n) is 19.3. The molecule has 0 amide bonds. The van der Waals surface area contributed by atoms with Gasteiger partial charge in [-0.2, -0.15) is 5.26 Å². The maximum Gasteiger partial charge on any atom is 0.330 e. The third-order valence-electron chi connectivity index (χ3n) is 4.79. The number of pyridine rings is 1. The zero-order chi connectivity index (χ0) is 24.7. The van der Waals surface area contributed by atoms with Crippen LogP contribution >= 0.6 is 0 Å². The maximum atomic E-state index is 10.9. The summed E-state index contributed by atoms with van der Waals surface area (Å²) >= 11 is 0. The molecule has 0 N–H and O–H groups in total. The fourth-order valence-corrected chi connectivity index (χ4v) is 2.89. The van der Waals surface area contributed by atoms with Crippen LogP contribution in [0.4, 0.5) is 0 Å². The van der Waals surface area contributed by atoms with E-state index < -0.39 is 0 Å². The molecule has 0 atom stereocenters. The lowest BCUT2D eigenvalue weighted by Gasteiger charge is -2.06. The summed E-state index contributed by atoms with van der Waals surface area (Å²) < 4.78 is 10.7. The van der Waals surface area contributed by atoms with E-state index in [9.17, 15) is 4.79 Å². The Morgan fingerprint density at radius 1 is 0.800 bits per heavy atom. The molecule has 0 spiro atoms. The molecule has 0 radical (unpaired) electrons. The van der Waals surface area contributed by atoms with Crippen molar-refractivity contribution in [3.05, 3.63) is 107 Å². The van der Waals surface area contributed by atoms with Crippen LogP contribution in [0.15, 0.2) is 79.5 Å². The minimum atomic E-state index is -0.386. The van der Waals surface area contributed by atoms with Crippen LogP contribution in [0.1, 0.15) is 47.2 Å². The number of nitriles is 1. The van der Waals surface area contributed by atoms with Gasteiger partial charge in [0.05, 0.1) is 24.8 Å². The minimum Gasteiger partial charge on any atom is -0.494 e. The van der Waals surface area contributed by atoms with Crippen molar-refractivity contribution in [1.82, 2.24) is 4.98 Å². The third kappa shape index (κ3) is 8.93. The summed E-state index contributed by atoms with van der Waals surface area (Å²) in [5.74, 6) is 12.7. The highest BCUT2D eigenvalue weighted by Gasteiger charge is 1.98. The first-order valence-corrected chi connectivity index (χ1v) is 11.2. The van der Waals surface area contributed by atoms with Crippen LogP contribution in [-0.2, 0) is 9.53 Å². The number of benzene rings is 2. The minimum absolute atomic E-state index is 0.386. The number of unbranched alkanes of at least 4 members (excludes halogenated alkanes) is 2. The van der Waals surface area contributed by atoms with E-state index in [1.54, 1.807) is 18.3 Å². The summed E-state index contributed by atoms with van der Waals surface area (Å²) in [6, 6.07) is 20.6. The Bertz CT molecular complexity index is 1300. The number of aromatic nitrogens is 1. The largest absolute Gasteiger partial charge is 0.494 e. The Hall–Kier alpha value is -4.79. The molecule has 5 heteroatoms. The lowest BCUT2D eigenvalue weighted by Crippen LogP contribution is -2.03. The number of esters is 1. The SMILES string of the molecule is C=CC(=O)OCCCCCOc1ccc(C#Cc2ccc(C#Cc3ccc(C#N)cc3)nc2)cc1. The van der Waals surface area contributed by atoms with Gasteiger partial charge in [-0.05, 0) is 85.8 Å². The van der Waals surface area contributed by atoms with Gasteiger partial charge in [-0.1, -0.05) is 24.3 Å². The van der Waals surface area contributed by atoms with Gasteiger partial charge in [0, 0.05) is 29.0 Å². The number of hydrogen-bond acceptors (Lipinski definition) is 5. The molecule has 3 aromatic rings. The fraction of sp³-hybridized carbons (Fsp3) is 0.167. The average Bonchev–Trinajstić information content (AvgIpc) is 2.91. The molecule has 35 heavy (non-hydrogen) atoms. The summed E-state index contributed by atoms with van der Waals surface area (Å²) in [7, 11) is 0. The van der Waals surface area contributed by atoms with Gasteiger partial charge in [-0.3, -0.25) is 0 Å². The van der Waals surface area contributed by atoms with E-state index in [1.165, 1.54) is 6.08 Å². The molecule has 0 aliphatic carbocycles. The van der Waals surface area contributed by atoms with Crippen LogP contribution in [0.25, 0.3) is 0 Å². The molecule has 172 valence electrons. The molecular weight excluding hydrogens is 436 g/mol. The van der Waals surface area contributed by atoms with Crippen molar-refractivity contribution in [2.45, 2.75) is 19.3 Å². The Morgan fingerprint density at radius 3 is 2.06 bits per heavy atom. The smallest absolute Gasteiger partial charge is 0.330 e. The number of carbonyl (C=O) groups is 1. The molecule has 0 bridgehead atoms. The average molecular weight is 461 g/mol. The van der Waals surface area contributed by atoms with Crippen molar-refractivity contribution < 1.29 is 14.3 Å². The normalized spacial score (nSPS) is 9.46. The Balaban J connectivity index is 1.44. The van der Waals surface area contributed by atoms with Gasteiger partial charge in [0.2, 0.25) is 0 Å². The van der Waals surface area contributed by atoms with Crippen LogP contribution in [0.5, 0.6) is 5.75 Å². The van der Waals surface area contributed by atoms with Crippen molar-refractivity contribution in [3.8, 4) is 35.5 Å². The molecule has 2 aromatic carbocycles. The molecule has 0 aliphatic heterocycles. The summed E-state index contributed by atoms with van der Waals surface area (Å²) in [5.41, 5.74) is 3.77. The van der Waals surface area contributed by atoms with Crippen molar-refractivity contribution in [3.63, 3.8) is 0 Å². The molecule has 0 unspecified atom stereocenters. The Morgan fingerprint density at radius 2 is 1.40 bits per heavy atom. The molecular formula is C30H24N2O3. The molecule has 0 aliphatic rings. The van der Waals surface area contributed by atoms with Gasteiger partial charge in [0.15, 0.2) is 0 Å². The Labute approximate surface area is 206 Å². The third-order valence-corrected chi connectivity index (χ3v) is 4.79. The zero-order valence-corrected chi connectivity index (χ0v) is 19.3. The molecule has 3 rings (SSSR count). The summed E-state index contributed by atoms with van der Waals surface area (Å²) in [6.07, 6.45) is 5.47. The highest BCUT2D eigenvalue weighted by atomic mass is 16.5. The quantitative estimate of drug-likeness (QED) is 0.204. The van der Waals surface area contributed by atoms with Crippen molar-refractivity contribution >= 4 is 5.97 Å². The van der Waals surface area contributed by atoms with Crippen LogP contribution in [-0.4, -0.2) is 24.2 Å². The molecule has 0 saturated heterocycles. The van der Waals surface area contributed by atoms with Crippen LogP contribution in [0.3, 0.4) is 0 Å². The molecule has 0 saturated carbocycles. The molecule has 1 heterocycles. The molecule has 5 nitrogen and oxygen atoms in total. The van der Waals surface area contributed by atoms with Gasteiger partial charge >= 0.3 is 5.97 Å². The van der Waals surface area contributed by atoms with E-state index in [1.807, 2.05) is 48.5 Å². The van der Waals surface area contributed by atoms with Gasteiger partial charge in [-0.15, -0.1) is 0 Å². The van der Waals surface area contributed by atoms with Crippen LogP contribution in [0.2, 0.25) is 0 Å². The number of nitrogens with zero attached hydrogens (tertiary/aromatic N) is 2. The number of rotatable bonds is 8. The highest BCUT2D eigenvalue weighted by molar-refractivity contribution is 5.81. The first kappa shape index (κ1) is 24.8. The van der Waals surface area contributed by atoms with E-state index in [4.69, 9.17) is 14.7 Å². The second-order valence-electron chi connectivity index (χ2n) is 7.43. The van der Waals surface area contributed by atoms with Crippen LogP contribution < -0.4 is 4.74 Å². The van der Waals surface area contributed by atoms with Crippen molar-refractivity contribution in [1.29, 1.82) is 5.26 Å². The van der Waals surface area contributed by atoms with Crippen LogP contribution in [0, 0.1) is 35.0 Å². The highest BCUT2D eigenvalue weighted by Crippen LogP contribution is 2.12. The predicted molar refractivity (Wildman–Crippen MR) is 134 cm³/mol. The molecule has 1 aromatic heterocycles.